The summed E-state index contributed by atoms with van der Waals surface area (Å²) in [5.41, 5.74) is 1.04. The molecule has 0 aromatic heterocycles. The van der Waals surface area contributed by atoms with E-state index in [0.717, 1.165) is 18.1 Å². The van der Waals surface area contributed by atoms with E-state index in [9.17, 15) is 4.39 Å². The molecule has 112 valence electrons. The average Bonchev–Trinajstić information content (AvgIpc) is 2.94. The van der Waals surface area contributed by atoms with Crippen molar-refractivity contribution in [1.82, 2.24) is 10.6 Å². The summed E-state index contributed by atoms with van der Waals surface area (Å²) in [5.74, 6) is 1.87. The lowest BCUT2D eigenvalue weighted by Crippen LogP contribution is -2.39. The number of rotatable bonds is 4. The summed E-state index contributed by atoms with van der Waals surface area (Å²) in [4.78, 5) is 4.19. The van der Waals surface area contributed by atoms with Crippen LogP contribution in [0, 0.1) is 5.82 Å². The lowest BCUT2D eigenvalue weighted by atomic mass is 10.2. The molecule has 1 unspecified atom stereocenters. The highest BCUT2D eigenvalue weighted by molar-refractivity contribution is 14.0. The van der Waals surface area contributed by atoms with Gasteiger partial charge < -0.3 is 10.6 Å². The molecule has 3 nitrogen and oxygen atoms in total. The molecule has 1 aromatic carbocycles. The third kappa shape index (κ3) is 5.87. The molecule has 0 aliphatic carbocycles. The third-order valence-electron chi connectivity index (χ3n) is 3.12. The maximum absolute atomic E-state index is 12.8. The smallest absolute Gasteiger partial charge is 0.191 e. The van der Waals surface area contributed by atoms with Crippen molar-refractivity contribution in [3.8, 4) is 0 Å². The predicted octanol–water partition coefficient (Wildman–Crippen LogP) is 3.00. The molecule has 2 rings (SSSR count). The van der Waals surface area contributed by atoms with E-state index in [2.05, 4.69) is 15.6 Å². The Kier molecular flexibility index (Phi) is 8.28. The Labute approximate surface area is 141 Å². The van der Waals surface area contributed by atoms with Gasteiger partial charge in [0.1, 0.15) is 5.82 Å². The Morgan fingerprint density at radius 3 is 2.70 bits per heavy atom. The molecule has 0 radical (unpaired) electrons. The standard InChI is InChI=1S/C14H20FN3S.HI/c1-16-14(18-10-13-3-2-8-19-13)17-9-11-4-6-12(15)7-5-11;/h4-7,13H,2-3,8-10H2,1H3,(H2,16,17,18);1H. The first kappa shape index (κ1) is 17.6. The second kappa shape index (κ2) is 9.44. The maximum atomic E-state index is 12.8. The van der Waals surface area contributed by atoms with Gasteiger partial charge in [0.05, 0.1) is 0 Å². The quantitative estimate of drug-likeness (QED) is 0.456. The van der Waals surface area contributed by atoms with Crippen molar-refractivity contribution in [1.29, 1.82) is 0 Å². The minimum atomic E-state index is -0.204. The molecule has 1 aliphatic rings. The fourth-order valence-corrected chi connectivity index (χ4v) is 3.23. The van der Waals surface area contributed by atoms with Crippen molar-refractivity contribution in [2.75, 3.05) is 19.3 Å². The van der Waals surface area contributed by atoms with Crippen LogP contribution in [0.2, 0.25) is 0 Å². The lowest BCUT2D eigenvalue weighted by molar-refractivity contribution is 0.626. The molecule has 0 amide bonds. The predicted molar refractivity (Wildman–Crippen MR) is 95.5 cm³/mol. The summed E-state index contributed by atoms with van der Waals surface area (Å²) in [5, 5.41) is 7.27. The number of nitrogens with zero attached hydrogens (tertiary/aromatic N) is 1. The summed E-state index contributed by atoms with van der Waals surface area (Å²) in [6.07, 6.45) is 2.60. The number of thioether (sulfide) groups is 1. The molecular formula is C14H21FIN3S. The molecule has 1 heterocycles. The number of aliphatic imine (C=N–C) groups is 1. The summed E-state index contributed by atoms with van der Waals surface area (Å²) < 4.78 is 12.8. The van der Waals surface area contributed by atoms with E-state index in [0.29, 0.717) is 11.8 Å². The van der Waals surface area contributed by atoms with E-state index < -0.39 is 0 Å². The van der Waals surface area contributed by atoms with Gasteiger partial charge in [0.25, 0.3) is 0 Å². The van der Waals surface area contributed by atoms with Crippen LogP contribution in [0.5, 0.6) is 0 Å². The van der Waals surface area contributed by atoms with E-state index in [1.165, 1.54) is 30.7 Å². The highest BCUT2D eigenvalue weighted by Gasteiger charge is 2.15. The van der Waals surface area contributed by atoms with Crippen LogP contribution in [-0.4, -0.2) is 30.6 Å². The molecule has 1 saturated heterocycles. The zero-order chi connectivity index (χ0) is 13.5. The van der Waals surface area contributed by atoms with Gasteiger partial charge in [-0.2, -0.15) is 11.8 Å². The van der Waals surface area contributed by atoms with Gasteiger partial charge in [-0.25, -0.2) is 4.39 Å². The van der Waals surface area contributed by atoms with E-state index >= 15 is 0 Å². The molecule has 1 atom stereocenters. The monoisotopic (exact) mass is 409 g/mol. The first-order valence-electron chi connectivity index (χ1n) is 6.58. The van der Waals surface area contributed by atoms with Gasteiger partial charge in [0.2, 0.25) is 0 Å². The van der Waals surface area contributed by atoms with Gasteiger partial charge in [-0.15, -0.1) is 24.0 Å². The van der Waals surface area contributed by atoms with Gasteiger partial charge in [-0.05, 0) is 36.3 Å². The summed E-state index contributed by atoms with van der Waals surface area (Å²) >= 11 is 2.02. The SMILES string of the molecule is CN=C(NCc1ccc(F)cc1)NCC1CCCS1.I. The third-order valence-corrected chi connectivity index (χ3v) is 4.52. The molecule has 6 heteroatoms. The molecule has 1 aromatic rings. The van der Waals surface area contributed by atoms with Crippen LogP contribution in [0.1, 0.15) is 18.4 Å². The van der Waals surface area contributed by atoms with E-state index in [1.807, 2.05) is 11.8 Å². The lowest BCUT2D eigenvalue weighted by Gasteiger charge is -2.14. The normalized spacial score (nSPS) is 18.5. The van der Waals surface area contributed by atoms with Gasteiger partial charge >= 0.3 is 0 Å². The Bertz CT molecular complexity index is 419. The van der Waals surface area contributed by atoms with Crippen LogP contribution in [0.15, 0.2) is 29.3 Å². The summed E-state index contributed by atoms with van der Waals surface area (Å²) in [6.45, 7) is 1.60. The van der Waals surface area contributed by atoms with Crippen molar-refractivity contribution in [2.24, 2.45) is 4.99 Å². The second-order valence-corrected chi connectivity index (χ2v) is 5.98. The topological polar surface area (TPSA) is 36.4 Å². The largest absolute Gasteiger partial charge is 0.355 e. The first-order valence-corrected chi connectivity index (χ1v) is 7.63. The van der Waals surface area contributed by atoms with E-state index in [-0.39, 0.29) is 29.8 Å². The Morgan fingerprint density at radius 2 is 2.10 bits per heavy atom. The van der Waals surface area contributed by atoms with Gasteiger partial charge in [0, 0.05) is 25.4 Å². The fraction of sp³-hybridized carbons (Fsp3) is 0.500. The number of hydrogen-bond donors (Lipinski definition) is 2. The molecular weight excluding hydrogens is 388 g/mol. The first-order chi connectivity index (χ1) is 9.28. The highest BCUT2D eigenvalue weighted by Crippen LogP contribution is 2.25. The minimum absolute atomic E-state index is 0. The molecule has 0 spiro atoms. The number of nitrogens with one attached hydrogen (secondary N) is 2. The summed E-state index contributed by atoms with van der Waals surface area (Å²) in [6, 6.07) is 6.51. The van der Waals surface area contributed by atoms with Crippen LogP contribution < -0.4 is 10.6 Å². The van der Waals surface area contributed by atoms with Crippen molar-refractivity contribution in [3.63, 3.8) is 0 Å². The Morgan fingerprint density at radius 1 is 1.35 bits per heavy atom. The van der Waals surface area contributed by atoms with E-state index in [1.54, 1.807) is 19.2 Å². The molecule has 1 aliphatic heterocycles. The van der Waals surface area contributed by atoms with Crippen molar-refractivity contribution < 1.29 is 4.39 Å². The van der Waals surface area contributed by atoms with Crippen LogP contribution >= 0.6 is 35.7 Å². The zero-order valence-electron chi connectivity index (χ0n) is 11.6. The van der Waals surface area contributed by atoms with Crippen LogP contribution in [-0.2, 0) is 6.54 Å². The van der Waals surface area contributed by atoms with Crippen molar-refractivity contribution in [3.05, 3.63) is 35.6 Å². The number of guanidine groups is 1. The highest BCUT2D eigenvalue weighted by atomic mass is 127. The average molecular weight is 409 g/mol. The Hall–Kier alpha value is -0.500. The van der Waals surface area contributed by atoms with Crippen LogP contribution in [0.25, 0.3) is 0 Å². The molecule has 20 heavy (non-hydrogen) atoms. The minimum Gasteiger partial charge on any atom is -0.355 e. The van der Waals surface area contributed by atoms with Gasteiger partial charge in [0.15, 0.2) is 5.96 Å². The van der Waals surface area contributed by atoms with E-state index in [4.69, 9.17) is 0 Å². The molecule has 0 saturated carbocycles. The number of hydrogen-bond acceptors (Lipinski definition) is 2. The van der Waals surface area contributed by atoms with Gasteiger partial charge in [-0.1, -0.05) is 12.1 Å². The maximum Gasteiger partial charge on any atom is 0.191 e. The van der Waals surface area contributed by atoms with Crippen molar-refractivity contribution >= 4 is 41.7 Å². The number of benzene rings is 1. The molecule has 2 N–H and O–H groups in total. The molecule has 1 fully saturated rings. The van der Waals surface area contributed by atoms with Crippen molar-refractivity contribution in [2.45, 2.75) is 24.6 Å². The second-order valence-electron chi connectivity index (χ2n) is 4.57. The Balaban J connectivity index is 0.00000200. The van der Waals surface area contributed by atoms with Crippen LogP contribution in [0.4, 0.5) is 4.39 Å². The van der Waals surface area contributed by atoms with Crippen LogP contribution in [0.3, 0.4) is 0 Å². The zero-order valence-corrected chi connectivity index (χ0v) is 14.7. The fourth-order valence-electron chi connectivity index (χ4n) is 2.02. The summed E-state index contributed by atoms with van der Waals surface area (Å²) in [7, 11) is 1.77. The van der Waals surface area contributed by atoms with Gasteiger partial charge in [-0.3, -0.25) is 4.99 Å². The molecule has 0 bridgehead atoms. The number of halogens is 2.